The maximum Gasteiger partial charge on any atom is 0.274 e. The number of carbonyl (C=O) groups is 1. The predicted octanol–water partition coefficient (Wildman–Crippen LogP) is 3.58. The van der Waals surface area contributed by atoms with E-state index in [-0.39, 0.29) is 22.6 Å². The average molecular weight is 630 g/mol. The zero-order valence-electron chi connectivity index (χ0n) is 26.9. The van der Waals surface area contributed by atoms with Crippen LogP contribution in [0.25, 0.3) is 11.1 Å². The molecule has 11 nitrogen and oxygen atoms in total. The number of hydrogen-bond acceptors (Lipinski definition) is 7. The van der Waals surface area contributed by atoms with Gasteiger partial charge in [-0.05, 0) is 60.7 Å². The van der Waals surface area contributed by atoms with Crippen LogP contribution in [0.2, 0.25) is 0 Å². The maximum atomic E-state index is 15.4. The standard InChI is InChI=1S/C34H40FN7O4/c1-34(2)13-20-9-29-33(45)42(7-6-41(29)30(20)14-34)28-11-22(35)10-25(26(28)17-43)21-8-27(32(44)39(4)15-21)36-31-12-23(40(5)37-31)16-38(3)24-18-46-19-24/h8-12,15,24,43H,6-7,13-14,16-19H2,1-5H3,(H,36,37). The highest BCUT2D eigenvalue weighted by Gasteiger charge is 2.37. The number of likely N-dealkylation sites (N-methyl/N-ethyl adjacent to an activating group) is 1. The number of pyridine rings is 1. The molecule has 1 fully saturated rings. The summed E-state index contributed by atoms with van der Waals surface area (Å²) in [6.45, 7) is 7.08. The summed E-state index contributed by atoms with van der Waals surface area (Å²) in [6, 6.07) is 8.53. The second kappa shape index (κ2) is 11.2. The Morgan fingerprint density at radius 1 is 1.11 bits per heavy atom. The van der Waals surface area contributed by atoms with Gasteiger partial charge in [-0.3, -0.25) is 19.2 Å². The summed E-state index contributed by atoms with van der Waals surface area (Å²) in [5.74, 6) is -0.252. The molecule has 2 N–H and O–H groups in total. The lowest BCUT2D eigenvalue weighted by atomic mass is 9.90. The molecule has 7 rings (SSSR count). The summed E-state index contributed by atoms with van der Waals surface area (Å²) in [5.41, 5.74) is 5.76. The van der Waals surface area contributed by atoms with Crippen LogP contribution in [0.5, 0.6) is 0 Å². The van der Waals surface area contributed by atoms with Crippen molar-refractivity contribution < 1.29 is 19.0 Å². The van der Waals surface area contributed by atoms with E-state index in [0.29, 0.717) is 72.8 Å². The number of anilines is 3. The molecule has 0 unspecified atom stereocenters. The van der Waals surface area contributed by atoms with Crippen molar-refractivity contribution in [3.8, 4) is 11.1 Å². The molecule has 4 aromatic rings. The molecule has 1 aliphatic carbocycles. The number of carbonyl (C=O) groups excluding carboxylic acids is 1. The molecule has 12 heteroatoms. The van der Waals surface area contributed by atoms with Crippen molar-refractivity contribution in [3.05, 3.63) is 80.9 Å². The molecule has 0 bridgehead atoms. The van der Waals surface area contributed by atoms with Crippen LogP contribution in [0.15, 0.2) is 41.3 Å². The number of fused-ring (bicyclic) bond motifs is 3. The van der Waals surface area contributed by atoms with Crippen molar-refractivity contribution in [2.75, 3.05) is 37.0 Å². The van der Waals surface area contributed by atoms with E-state index in [9.17, 15) is 14.7 Å². The third kappa shape index (κ3) is 5.23. The number of halogens is 1. The SMILES string of the molecule is CN(Cc1cc(Nc2cc(-c3cc(F)cc(N4CCn5c(cc6c5CC(C)(C)C6)C4=O)c3CO)cn(C)c2=O)nn1C)C1COC1. The number of amides is 1. The molecule has 46 heavy (non-hydrogen) atoms. The second-order valence-electron chi connectivity index (χ2n) is 13.7. The minimum absolute atomic E-state index is 0.165. The number of nitrogens with one attached hydrogen (secondary N) is 1. The Balaban J connectivity index is 1.21. The van der Waals surface area contributed by atoms with Crippen LogP contribution in [0.3, 0.4) is 0 Å². The fourth-order valence-electron chi connectivity index (χ4n) is 7.09. The van der Waals surface area contributed by atoms with Gasteiger partial charge >= 0.3 is 0 Å². The average Bonchev–Trinajstić information content (AvgIpc) is 3.58. The quantitative estimate of drug-likeness (QED) is 0.307. The van der Waals surface area contributed by atoms with Crippen molar-refractivity contribution in [2.24, 2.45) is 19.5 Å². The van der Waals surface area contributed by atoms with Gasteiger partial charge in [0.05, 0.1) is 37.2 Å². The van der Waals surface area contributed by atoms with E-state index in [2.05, 4.69) is 33.7 Å². The molecule has 0 radical (unpaired) electrons. The van der Waals surface area contributed by atoms with Gasteiger partial charge in [0, 0.05) is 62.8 Å². The normalized spacial score (nSPS) is 17.4. The molecule has 1 amide bonds. The number of hydrogen-bond donors (Lipinski definition) is 2. The van der Waals surface area contributed by atoms with Crippen LogP contribution < -0.4 is 15.8 Å². The molecule has 1 aromatic carbocycles. The summed E-state index contributed by atoms with van der Waals surface area (Å²) in [4.78, 5) is 30.8. The molecular formula is C34H40FN7O4. The zero-order chi connectivity index (χ0) is 32.5. The van der Waals surface area contributed by atoms with Gasteiger partial charge in [-0.15, -0.1) is 0 Å². The highest BCUT2D eigenvalue weighted by molar-refractivity contribution is 6.07. The third-order valence-corrected chi connectivity index (χ3v) is 9.65. The first-order chi connectivity index (χ1) is 21.9. The Kier molecular flexibility index (Phi) is 7.41. The van der Waals surface area contributed by atoms with Gasteiger partial charge in [-0.1, -0.05) is 13.8 Å². The molecule has 1 saturated heterocycles. The van der Waals surface area contributed by atoms with Gasteiger partial charge in [-0.2, -0.15) is 5.10 Å². The topological polar surface area (TPSA) is 110 Å². The summed E-state index contributed by atoms with van der Waals surface area (Å²) >= 11 is 0. The molecule has 242 valence electrons. The van der Waals surface area contributed by atoms with Crippen LogP contribution in [0.4, 0.5) is 21.6 Å². The Labute approximate surface area is 266 Å². The first-order valence-electron chi connectivity index (χ1n) is 15.7. The van der Waals surface area contributed by atoms with Gasteiger partial charge in [0.1, 0.15) is 17.2 Å². The van der Waals surface area contributed by atoms with E-state index in [0.717, 1.165) is 18.5 Å². The van der Waals surface area contributed by atoms with Crippen LogP contribution in [-0.2, 0) is 51.4 Å². The first-order valence-corrected chi connectivity index (χ1v) is 15.7. The fraction of sp³-hybridized carbons (Fsp3) is 0.441. The highest BCUT2D eigenvalue weighted by Crippen LogP contribution is 2.41. The number of aliphatic hydroxyl groups excluding tert-OH is 1. The fourth-order valence-corrected chi connectivity index (χ4v) is 7.09. The van der Waals surface area contributed by atoms with Crippen LogP contribution >= 0.6 is 0 Å². The smallest absolute Gasteiger partial charge is 0.274 e. The van der Waals surface area contributed by atoms with Crippen molar-refractivity contribution in [2.45, 2.75) is 52.4 Å². The van der Waals surface area contributed by atoms with E-state index in [4.69, 9.17) is 4.74 Å². The molecule has 0 spiro atoms. The lowest BCUT2D eigenvalue weighted by Crippen LogP contribution is -2.46. The van der Waals surface area contributed by atoms with Crippen molar-refractivity contribution in [1.29, 1.82) is 0 Å². The Morgan fingerprint density at radius 2 is 1.89 bits per heavy atom. The number of aromatic nitrogens is 4. The summed E-state index contributed by atoms with van der Waals surface area (Å²) < 4.78 is 26.0. The second-order valence-corrected chi connectivity index (χ2v) is 13.7. The van der Waals surface area contributed by atoms with E-state index in [1.165, 1.54) is 28.0 Å². The Morgan fingerprint density at radius 3 is 2.61 bits per heavy atom. The molecule has 0 atom stereocenters. The minimum atomic E-state index is -0.543. The zero-order valence-corrected chi connectivity index (χ0v) is 26.9. The number of benzene rings is 1. The van der Waals surface area contributed by atoms with Gasteiger partial charge in [0.15, 0.2) is 5.82 Å². The highest BCUT2D eigenvalue weighted by atomic mass is 19.1. The third-order valence-electron chi connectivity index (χ3n) is 9.65. The van der Waals surface area contributed by atoms with Crippen molar-refractivity contribution in [1.82, 2.24) is 23.8 Å². The van der Waals surface area contributed by atoms with Crippen molar-refractivity contribution in [3.63, 3.8) is 0 Å². The predicted molar refractivity (Wildman–Crippen MR) is 173 cm³/mol. The monoisotopic (exact) mass is 629 g/mol. The van der Waals surface area contributed by atoms with E-state index in [1.807, 2.05) is 26.2 Å². The van der Waals surface area contributed by atoms with Gasteiger partial charge < -0.3 is 29.2 Å². The molecule has 2 aliphatic heterocycles. The minimum Gasteiger partial charge on any atom is -0.392 e. The van der Waals surface area contributed by atoms with E-state index < -0.39 is 12.4 Å². The maximum absolute atomic E-state index is 15.4. The summed E-state index contributed by atoms with van der Waals surface area (Å²) in [6.07, 6.45) is 3.44. The van der Waals surface area contributed by atoms with E-state index in [1.54, 1.807) is 28.9 Å². The van der Waals surface area contributed by atoms with E-state index >= 15 is 4.39 Å². The van der Waals surface area contributed by atoms with Gasteiger partial charge in [-0.25, -0.2) is 4.39 Å². The molecule has 3 aromatic heterocycles. The summed E-state index contributed by atoms with van der Waals surface area (Å²) in [7, 11) is 5.52. The van der Waals surface area contributed by atoms with Gasteiger partial charge in [0.2, 0.25) is 0 Å². The Hall–Kier alpha value is -4.26. The van der Waals surface area contributed by atoms with Crippen LogP contribution in [0, 0.1) is 11.2 Å². The lowest BCUT2D eigenvalue weighted by molar-refractivity contribution is -0.0592. The number of rotatable bonds is 8. The number of nitrogens with zero attached hydrogens (tertiary/aromatic N) is 6. The first kappa shape index (κ1) is 30.4. The van der Waals surface area contributed by atoms with Gasteiger partial charge in [0.25, 0.3) is 11.5 Å². The van der Waals surface area contributed by atoms with Crippen molar-refractivity contribution >= 4 is 23.1 Å². The molecule has 3 aliphatic rings. The van der Waals surface area contributed by atoms with Crippen LogP contribution in [-0.4, -0.2) is 67.7 Å². The summed E-state index contributed by atoms with van der Waals surface area (Å²) in [5, 5.41) is 18.4. The number of aliphatic hydroxyl groups is 1. The number of aryl methyl sites for hydroxylation is 2. The number of ether oxygens (including phenoxy) is 1. The molecular weight excluding hydrogens is 589 g/mol. The van der Waals surface area contributed by atoms with Crippen LogP contribution in [0.1, 0.15) is 46.9 Å². The molecule has 0 saturated carbocycles. The lowest BCUT2D eigenvalue weighted by Gasteiger charge is -2.34. The Bertz CT molecular complexity index is 1920. The largest absolute Gasteiger partial charge is 0.392 e. The molecule has 5 heterocycles.